The van der Waals surface area contributed by atoms with Crippen LogP contribution in [-0.4, -0.2) is 4.98 Å². The Kier molecular flexibility index (Phi) is 2.98. The third-order valence-electron chi connectivity index (χ3n) is 1.81. The van der Waals surface area contributed by atoms with Crippen molar-refractivity contribution in [1.82, 2.24) is 4.98 Å². The molecule has 2 rings (SSSR count). The van der Waals surface area contributed by atoms with Crippen molar-refractivity contribution in [1.29, 1.82) is 0 Å². The van der Waals surface area contributed by atoms with Gasteiger partial charge in [-0.15, -0.1) is 0 Å². The molecule has 0 radical (unpaired) electrons. The van der Waals surface area contributed by atoms with Crippen molar-refractivity contribution >= 4 is 34.0 Å². The summed E-state index contributed by atoms with van der Waals surface area (Å²) in [5.41, 5.74) is 2.15. The van der Waals surface area contributed by atoms with Crippen molar-refractivity contribution in [2.75, 3.05) is 5.32 Å². The average Bonchev–Trinajstić information content (AvgIpc) is 2.23. The highest BCUT2D eigenvalue weighted by atomic mass is 127. The van der Waals surface area contributed by atoms with Crippen LogP contribution in [0, 0.1) is 3.57 Å². The van der Waals surface area contributed by atoms with Crippen LogP contribution < -0.4 is 5.32 Å². The van der Waals surface area contributed by atoms with E-state index in [1.807, 2.05) is 12.1 Å². The molecule has 1 heterocycles. The molecule has 0 aliphatic rings. The van der Waals surface area contributed by atoms with Gasteiger partial charge in [0.1, 0.15) is 0 Å². The highest BCUT2D eigenvalue weighted by Crippen LogP contribution is 2.16. The summed E-state index contributed by atoms with van der Waals surface area (Å²) in [6.07, 6.45) is 3.55. The summed E-state index contributed by atoms with van der Waals surface area (Å²) in [4.78, 5) is 3.96. The zero-order valence-electron chi connectivity index (χ0n) is 7.44. The predicted octanol–water partition coefficient (Wildman–Crippen LogP) is 3.43. The molecule has 0 spiro atoms. The maximum atomic E-state index is 3.96. The van der Waals surface area contributed by atoms with Gasteiger partial charge in [0.25, 0.3) is 0 Å². The van der Waals surface area contributed by atoms with Crippen LogP contribution in [-0.2, 0) is 0 Å². The number of rotatable bonds is 2. The summed E-state index contributed by atoms with van der Waals surface area (Å²) in [5, 5.41) is 3.29. The Labute approximate surface area is 96.5 Å². The van der Waals surface area contributed by atoms with Crippen LogP contribution in [0.25, 0.3) is 0 Å². The molecular formula is C11H9IN2. The molecule has 2 aromatic rings. The Morgan fingerprint density at radius 2 is 1.43 bits per heavy atom. The van der Waals surface area contributed by atoms with Crippen molar-refractivity contribution in [3.05, 3.63) is 52.4 Å². The molecule has 2 nitrogen and oxygen atoms in total. The van der Waals surface area contributed by atoms with Gasteiger partial charge in [-0.2, -0.15) is 0 Å². The van der Waals surface area contributed by atoms with Gasteiger partial charge in [-0.05, 0) is 59.0 Å². The van der Waals surface area contributed by atoms with E-state index in [1.165, 1.54) is 3.57 Å². The van der Waals surface area contributed by atoms with Crippen molar-refractivity contribution in [2.24, 2.45) is 0 Å². The number of nitrogens with zero attached hydrogens (tertiary/aromatic N) is 1. The molecular weight excluding hydrogens is 287 g/mol. The Morgan fingerprint density at radius 1 is 0.857 bits per heavy atom. The summed E-state index contributed by atoms with van der Waals surface area (Å²) >= 11 is 2.29. The fraction of sp³-hybridized carbons (Fsp3) is 0. The van der Waals surface area contributed by atoms with E-state index >= 15 is 0 Å². The fourth-order valence-electron chi connectivity index (χ4n) is 1.14. The minimum atomic E-state index is 1.06. The molecule has 0 saturated carbocycles. The minimum absolute atomic E-state index is 1.06. The predicted molar refractivity (Wildman–Crippen MR) is 66.7 cm³/mol. The topological polar surface area (TPSA) is 24.9 Å². The van der Waals surface area contributed by atoms with E-state index in [4.69, 9.17) is 0 Å². The van der Waals surface area contributed by atoms with Gasteiger partial charge in [-0.25, -0.2) is 0 Å². The van der Waals surface area contributed by atoms with Gasteiger partial charge >= 0.3 is 0 Å². The highest BCUT2D eigenvalue weighted by Gasteiger charge is 1.92. The molecule has 0 atom stereocenters. The Morgan fingerprint density at radius 3 is 2.07 bits per heavy atom. The third kappa shape index (κ3) is 2.45. The average molecular weight is 296 g/mol. The van der Waals surface area contributed by atoms with Crippen LogP contribution >= 0.6 is 22.6 Å². The van der Waals surface area contributed by atoms with Gasteiger partial charge in [0.2, 0.25) is 0 Å². The Hall–Kier alpha value is -1.10. The van der Waals surface area contributed by atoms with Gasteiger partial charge in [0, 0.05) is 27.3 Å². The maximum Gasteiger partial charge on any atom is 0.0415 e. The second-order valence-corrected chi connectivity index (χ2v) is 4.11. The number of anilines is 2. The van der Waals surface area contributed by atoms with Crippen LogP contribution in [0.15, 0.2) is 48.8 Å². The van der Waals surface area contributed by atoms with Gasteiger partial charge in [0.15, 0.2) is 0 Å². The van der Waals surface area contributed by atoms with E-state index in [-0.39, 0.29) is 0 Å². The molecule has 14 heavy (non-hydrogen) atoms. The van der Waals surface area contributed by atoms with E-state index in [9.17, 15) is 0 Å². The van der Waals surface area contributed by atoms with Crippen molar-refractivity contribution in [2.45, 2.75) is 0 Å². The lowest BCUT2D eigenvalue weighted by molar-refractivity contribution is 1.32. The lowest BCUT2D eigenvalue weighted by atomic mass is 10.3. The lowest BCUT2D eigenvalue weighted by Gasteiger charge is -2.05. The van der Waals surface area contributed by atoms with Crippen molar-refractivity contribution < 1.29 is 0 Å². The summed E-state index contributed by atoms with van der Waals surface area (Å²) in [6.45, 7) is 0. The Balaban J connectivity index is 2.16. The summed E-state index contributed by atoms with van der Waals surface area (Å²) < 4.78 is 1.24. The van der Waals surface area contributed by atoms with Crippen LogP contribution in [0.3, 0.4) is 0 Å². The summed E-state index contributed by atoms with van der Waals surface area (Å²) in [5.74, 6) is 0. The van der Waals surface area contributed by atoms with Crippen molar-refractivity contribution in [3.8, 4) is 0 Å². The van der Waals surface area contributed by atoms with Gasteiger partial charge in [0.05, 0.1) is 0 Å². The molecule has 0 fully saturated rings. The lowest BCUT2D eigenvalue weighted by Crippen LogP contribution is -1.89. The maximum absolute atomic E-state index is 3.96. The van der Waals surface area contributed by atoms with Gasteiger partial charge in [-0.1, -0.05) is 0 Å². The quantitative estimate of drug-likeness (QED) is 0.859. The largest absolute Gasteiger partial charge is 0.355 e. The number of nitrogens with one attached hydrogen (secondary N) is 1. The van der Waals surface area contributed by atoms with Crippen molar-refractivity contribution in [3.63, 3.8) is 0 Å². The SMILES string of the molecule is Ic1ccc(Nc2ccncc2)cc1. The molecule has 3 heteroatoms. The smallest absolute Gasteiger partial charge is 0.0415 e. The molecule has 0 bridgehead atoms. The minimum Gasteiger partial charge on any atom is -0.355 e. The first-order valence-corrected chi connectivity index (χ1v) is 5.35. The third-order valence-corrected chi connectivity index (χ3v) is 2.53. The van der Waals surface area contributed by atoms with E-state index in [1.54, 1.807) is 12.4 Å². The van der Waals surface area contributed by atoms with Gasteiger partial charge in [-0.3, -0.25) is 4.98 Å². The molecule has 0 aliphatic heterocycles. The van der Waals surface area contributed by atoms with Gasteiger partial charge < -0.3 is 5.32 Å². The number of hydrogen-bond donors (Lipinski definition) is 1. The highest BCUT2D eigenvalue weighted by molar-refractivity contribution is 14.1. The van der Waals surface area contributed by atoms with Crippen LogP contribution in [0.2, 0.25) is 0 Å². The van der Waals surface area contributed by atoms with Crippen LogP contribution in [0.5, 0.6) is 0 Å². The number of aromatic nitrogens is 1. The molecule has 1 aromatic carbocycles. The number of benzene rings is 1. The van der Waals surface area contributed by atoms with Crippen LogP contribution in [0.4, 0.5) is 11.4 Å². The molecule has 1 N–H and O–H groups in total. The second kappa shape index (κ2) is 4.41. The molecule has 0 aliphatic carbocycles. The standard InChI is InChI=1S/C11H9IN2/c12-9-1-3-10(4-2-9)14-11-5-7-13-8-6-11/h1-8H,(H,13,14). The normalized spacial score (nSPS) is 9.79. The monoisotopic (exact) mass is 296 g/mol. The summed E-state index contributed by atoms with van der Waals surface area (Å²) in [6, 6.07) is 12.1. The fourth-order valence-corrected chi connectivity index (χ4v) is 1.49. The number of hydrogen-bond acceptors (Lipinski definition) is 2. The zero-order chi connectivity index (χ0) is 9.80. The van der Waals surface area contributed by atoms with Crippen LogP contribution in [0.1, 0.15) is 0 Å². The first-order chi connectivity index (χ1) is 6.84. The number of halogens is 1. The van der Waals surface area contributed by atoms with E-state index < -0.39 is 0 Å². The molecule has 0 unspecified atom stereocenters. The number of pyridine rings is 1. The zero-order valence-corrected chi connectivity index (χ0v) is 9.60. The summed E-state index contributed by atoms with van der Waals surface area (Å²) in [7, 11) is 0. The molecule has 1 aromatic heterocycles. The van der Waals surface area contributed by atoms with E-state index in [0.29, 0.717) is 0 Å². The molecule has 0 amide bonds. The van der Waals surface area contributed by atoms with E-state index in [2.05, 4.69) is 57.2 Å². The second-order valence-electron chi connectivity index (χ2n) is 2.87. The Bertz CT molecular complexity index is 397. The first kappa shape index (κ1) is 9.45. The van der Waals surface area contributed by atoms with E-state index in [0.717, 1.165) is 11.4 Å². The molecule has 0 saturated heterocycles. The first-order valence-electron chi connectivity index (χ1n) is 4.27. The molecule has 70 valence electrons.